The van der Waals surface area contributed by atoms with E-state index in [9.17, 15) is 9.59 Å². The highest BCUT2D eigenvalue weighted by molar-refractivity contribution is 6.42. The van der Waals surface area contributed by atoms with Crippen molar-refractivity contribution in [1.29, 1.82) is 0 Å². The summed E-state index contributed by atoms with van der Waals surface area (Å²) in [5.74, 6) is -1.07. The molecule has 4 rings (SSSR count). The van der Waals surface area contributed by atoms with Gasteiger partial charge in [-0.2, -0.15) is 0 Å². The molecule has 0 aromatic heterocycles. The number of carbonyl (C=O) groups is 2. The zero-order chi connectivity index (χ0) is 29.4. The van der Waals surface area contributed by atoms with E-state index in [1.54, 1.807) is 0 Å². The molecule has 0 spiro atoms. The molecule has 216 valence electrons. The van der Waals surface area contributed by atoms with E-state index >= 15 is 0 Å². The Morgan fingerprint density at radius 3 is 1.30 bits per heavy atom. The standard InChI is InChI=1S/2C15H18ClNO3/c2*1-10(2)19-15-13(12(16)14(18)20-15)17(3)9-11-7-5-4-6-8-11/h2*4-8,10,15H,9H2,1-3H3. The van der Waals surface area contributed by atoms with Crippen LogP contribution in [0.25, 0.3) is 0 Å². The molecule has 10 heteroatoms. The molecule has 0 saturated heterocycles. The van der Waals surface area contributed by atoms with Crippen LogP contribution in [0.5, 0.6) is 0 Å². The predicted octanol–water partition coefficient (Wildman–Crippen LogP) is 5.75. The minimum atomic E-state index is -0.733. The van der Waals surface area contributed by atoms with E-state index < -0.39 is 24.5 Å². The molecular formula is C30H36Cl2N2O6. The molecule has 2 aliphatic heterocycles. The quantitative estimate of drug-likeness (QED) is 0.323. The maximum Gasteiger partial charge on any atom is 0.354 e. The largest absolute Gasteiger partial charge is 0.425 e. The van der Waals surface area contributed by atoms with Crippen molar-refractivity contribution >= 4 is 35.1 Å². The lowest BCUT2D eigenvalue weighted by molar-refractivity contribution is -0.169. The van der Waals surface area contributed by atoms with E-state index in [2.05, 4.69) is 0 Å². The van der Waals surface area contributed by atoms with Gasteiger partial charge in [-0.1, -0.05) is 83.9 Å². The van der Waals surface area contributed by atoms with Crippen LogP contribution in [0.3, 0.4) is 0 Å². The van der Waals surface area contributed by atoms with Crippen molar-refractivity contribution in [2.24, 2.45) is 0 Å². The number of carbonyl (C=O) groups excluding carboxylic acids is 2. The molecule has 2 unspecified atom stereocenters. The number of hydrogen-bond acceptors (Lipinski definition) is 8. The topological polar surface area (TPSA) is 77.5 Å². The Morgan fingerprint density at radius 1 is 0.675 bits per heavy atom. The molecule has 0 N–H and O–H groups in total. The predicted molar refractivity (Wildman–Crippen MR) is 154 cm³/mol. The molecule has 2 aromatic carbocycles. The molecule has 2 heterocycles. The van der Waals surface area contributed by atoms with E-state index in [0.29, 0.717) is 24.5 Å². The number of rotatable bonds is 10. The molecule has 0 fully saturated rings. The lowest BCUT2D eigenvalue weighted by Crippen LogP contribution is -2.29. The summed E-state index contributed by atoms with van der Waals surface area (Å²) < 4.78 is 21.5. The van der Waals surface area contributed by atoms with E-state index in [0.717, 1.165) is 11.1 Å². The van der Waals surface area contributed by atoms with Crippen molar-refractivity contribution in [2.75, 3.05) is 14.1 Å². The van der Waals surface area contributed by atoms with Gasteiger partial charge in [0.25, 0.3) is 0 Å². The number of ether oxygens (including phenoxy) is 4. The molecule has 40 heavy (non-hydrogen) atoms. The Balaban J connectivity index is 0.000000220. The lowest BCUT2D eigenvalue weighted by Gasteiger charge is -2.25. The Kier molecular flexibility index (Phi) is 11.5. The number of halogens is 2. The third-order valence-electron chi connectivity index (χ3n) is 5.82. The molecule has 0 radical (unpaired) electrons. The molecule has 0 saturated carbocycles. The molecule has 0 bridgehead atoms. The molecular weight excluding hydrogens is 555 g/mol. The number of likely N-dealkylation sites (N-methyl/N-ethyl adjacent to an activating group) is 2. The van der Waals surface area contributed by atoms with Gasteiger partial charge in [-0.3, -0.25) is 0 Å². The Labute approximate surface area is 246 Å². The fraction of sp³-hybridized carbons (Fsp3) is 0.400. The number of cyclic esters (lactones) is 2. The van der Waals surface area contributed by atoms with Crippen LogP contribution in [0.2, 0.25) is 0 Å². The van der Waals surface area contributed by atoms with Crippen molar-refractivity contribution in [3.05, 3.63) is 93.2 Å². The maximum atomic E-state index is 11.6. The molecule has 2 atom stereocenters. The molecule has 8 nitrogen and oxygen atoms in total. The fourth-order valence-corrected chi connectivity index (χ4v) is 4.64. The molecule has 2 aliphatic rings. The zero-order valence-electron chi connectivity index (χ0n) is 23.6. The second kappa shape index (κ2) is 14.6. The van der Waals surface area contributed by atoms with Gasteiger partial charge < -0.3 is 28.7 Å². The van der Waals surface area contributed by atoms with Gasteiger partial charge in [-0.05, 0) is 38.8 Å². The van der Waals surface area contributed by atoms with E-state index in [1.165, 1.54) is 0 Å². The van der Waals surface area contributed by atoms with Crippen LogP contribution >= 0.6 is 23.2 Å². The summed E-state index contributed by atoms with van der Waals surface area (Å²) in [6, 6.07) is 19.9. The van der Waals surface area contributed by atoms with Crippen LogP contribution in [0.15, 0.2) is 82.1 Å². The van der Waals surface area contributed by atoms with E-state index in [4.69, 9.17) is 42.1 Å². The van der Waals surface area contributed by atoms with Gasteiger partial charge in [-0.15, -0.1) is 0 Å². The highest BCUT2D eigenvalue weighted by Gasteiger charge is 2.38. The van der Waals surface area contributed by atoms with Crippen molar-refractivity contribution < 1.29 is 28.5 Å². The van der Waals surface area contributed by atoms with E-state index in [-0.39, 0.29) is 22.3 Å². The van der Waals surface area contributed by atoms with Crippen LogP contribution < -0.4 is 0 Å². The highest BCUT2D eigenvalue weighted by atomic mass is 35.5. The first-order chi connectivity index (χ1) is 19.0. The third-order valence-corrected chi connectivity index (χ3v) is 6.52. The first kappa shape index (κ1) is 31.5. The van der Waals surface area contributed by atoms with Gasteiger partial charge in [0.2, 0.25) is 12.6 Å². The smallest absolute Gasteiger partial charge is 0.354 e. The summed E-state index contributed by atoms with van der Waals surface area (Å²) >= 11 is 12.1. The van der Waals surface area contributed by atoms with Crippen molar-refractivity contribution in [3.8, 4) is 0 Å². The van der Waals surface area contributed by atoms with Crippen LogP contribution in [-0.2, 0) is 41.6 Å². The van der Waals surface area contributed by atoms with Crippen LogP contribution in [0.4, 0.5) is 0 Å². The summed E-state index contributed by atoms with van der Waals surface area (Å²) in [4.78, 5) is 27.0. The number of nitrogens with zero attached hydrogens (tertiary/aromatic N) is 2. The summed E-state index contributed by atoms with van der Waals surface area (Å²) in [5.41, 5.74) is 3.40. The van der Waals surface area contributed by atoms with Crippen LogP contribution in [-0.4, -0.2) is 60.6 Å². The number of hydrogen-bond donors (Lipinski definition) is 0. The van der Waals surface area contributed by atoms with Gasteiger partial charge in [0.05, 0.1) is 12.2 Å². The first-order valence-corrected chi connectivity index (χ1v) is 13.8. The molecule has 2 aromatic rings. The zero-order valence-corrected chi connectivity index (χ0v) is 25.1. The SMILES string of the molecule is CC(C)OC1OC(=O)C(Cl)=C1N(C)Cc1ccccc1.CC(C)OC1OC(=O)C(Cl)=C1N(C)Cc1ccccc1. The normalized spacial score (nSPS) is 18.6. The van der Waals surface area contributed by atoms with Gasteiger partial charge in [-0.25, -0.2) is 9.59 Å². The summed E-state index contributed by atoms with van der Waals surface area (Å²) in [5, 5.41) is 0.183. The first-order valence-electron chi connectivity index (χ1n) is 13.0. The average Bonchev–Trinajstić information content (AvgIpc) is 3.32. The maximum absolute atomic E-state index is 11.6. The lowest BCUT2D eigenvalue weighted by atomic mass is 10.2. The number of benzene rings is 2. The van der Waals surface area contributed by atoms with Gasteiger partial charge in [0.15, 0.2) is 10.1 Å². The van der Waals surface area contributed by atoms with Gasteiger partial charge in [0.1, 0.15) is 11.4 Å². The molecule has 0 amide bonds. The minimum Gasteiger partial charge on any atom is -0.425 e. The fourth-order valence-electron chi connectivity index (χ4n) is 4.08. The van der Waals surface area contributed by atoms with Crippen molar-refractivity contribution in [3.63, 3.8) is 0 Å². The second-order valence-corrected chi connectivity index (χ2v) is 10.7. The van der Waals surface area contributed by atoms with Crippen molar-refractivity contribution in [1.82, 2.24) is 9.80 Å². The summed E-state index contributed by atoms with van der Waals surface area (Å²) in [6.45, 7) is 8.79. The van der Waals surface area contributed by atoms with E-state index in [1.807, 2.05) is 112 Å². The Bertz CT molecular complexity index is 1120. The van der Waals surface area contributed by atoms with Crippen LogP contribution in [0, 0.1) is 0 Å². The average molecular weight is 592 g/mol. The Hall–Kier alpha value is -3.04. The Morgan fingerprint density at radius 2 is 1.00 bits per heavy atom. The second-order valence-electron chi connectivity index (χ2n) is 9.93. The summed E-state index contributed by atoms with van der Waals surface area (Å²) in [7, 11) is 3.73. The number of esters is 2. The highest BCUT2D eigenvalue weighted by Crippen LogP contribution is 2.31. The van der Waals surface area contributed by atoms with Gasteiger partial charge >= 0.3 is 11.9 Å². The van der Waals surface area contributed by atoms with Gasteiger partial charge in [0, 0.05) is 27.2 Å². The van der Waals surface area contributed by atoms with Crippen LogP contribution in [0.1, 0.15) is 38.8 Å². The third kappa shape index (κ3) is 8.48. The summed E-state index contributed by atoms with van der Waals surface area (Å²) in [6.07, 6.45) is -1.58. The van der Waals surface area contributed by atoms with Crippen molar-refractivity contribution in [2.45, 2.75) is 65.6 Å². The monoisotopic (exact) mass is 590 g/mol. The molecule has 0 aliphatic carbocycles. The minimum absolute atomic E-state index is 0.0597.